The number of carbonyl (C=O) groups is 1. The molecule has 4 N–H and O–H groups in total. The first kappa shape index (κ1) is 23.8. The Balaban J connectivity index is 1.39. The van der Waals surface area contributed by atoms with Gasteiger partial charge >= 0.3 is 0 Å². The van der Waals surface area contributed by atoms with Crippen LogP contribution in [0.3, 0.4) is 0 Å². The van der Waals surface area contributed by atoms with Gasteiger partial charge in [-0.2, -0.15) is 0 Å². The number of amides is 1. The zero-order valence-electron chi connectivity index (χ0n) is 18.5. The largest absolute Gasteiger partial charge is 0.508 e. The van der Waals surface area contributed by atoms with Gasteiger partial charge in [-0.3, -0.25) is 9.59 Å². The Morgan fingerprint density at radius 1 is 1.15 bits per heavy atom. The number of benzene rings is 2. The van der Waals surface area contributed by atoms with Crippen molar-refractivity contribution >= 4 is 26.6 Å². The van der Waals surface area contributed by atoms with Crippen LogP contribution in [0.25, 0.3) is 10.9 Å². The maximum absolute atomic E-state index is 13.2. The van der Waals surface area contributed by atoms with E-state index in [1.54, 1.807) is 12.3 Å². The number of phenols is 1. The van der Waals surface area contributed by atoms with Gasteiger partial charge in [0.15, 0.2) is 20.0 Å². The standard InChI is InChI=1S/C24H26N2O7S/c25-23(29)24(9-12-32-13-10-24)34(30,31)19-6-4-18(5-7-19)33-11-1-2-16-15-26-21-14-17(27)3-8-20(21)22(16)28/h3-8,14-15,27H,1-2,9-13H2,(H2,25,29)(H,26,28). The van der Waals surface area contributed by atoms with Gasteiger partial charge in [0.1, 0.15) is 11.5 Å². The van der Waals surface area contributed by atoms with Gasteiger partial charge in [0.05, 0.1) is 17.0 Å². The maximum Gasteiger partial charge on any atom is 0.239 e. The second-order valence-electron chi connectivity index (χ2n) is 8.27. The number of nitrogens with one attached hydrogen (secondary N) is 1. The Morgan fingerprint density at radius 2 is 1.85 bits per heavy atom. The van der Waals surface area contributed by atoms with E-state index in [-0.39, 0.29) is 42.1 Å². The average molecular weight is 487 g/mol. The highest BCUT2D eigenvalue weighted by Gasteiger charge is 2.51. The fraction of sp³-hybridized carbons (Fsp3) is 0.333. The number of nitrogens with two attached hydrogens (primary N) is 1. The molecule has 4 rings (SSSR count). The first-order valence-corrected chi connectivity index (χ1v) is 12.4. The van der Waals surface area contributed by atoms with Crippen molar-refractivity contribution in [2.45, 2.75) is 35.3 Å². The van der Waals surface area contributed by atoms with E-state index >= 15 is 0 Å². The highest BCUT2D eigenvalue weighted by molar-refractivity contribution is 7.93. The molecule has 0 aliphatic carbocycles. The number of fused-ring (bicyclic) bond motifs is 1. The van der Waals surface area contributed by atoms with Crippen LogP contribution in [0.15, 0.2) is 58.4 Å². The lowest BCUT2D eigenvalue weighted by Crippen LogP contribution is -2.53. The molecule has 9 nitrogen and oxygen atoms in total. The fourth-order valence-electron chi connectivity index (χ4n) is 4.18. The molecule has 0 spiro atoms. The highest BCUT2D eigenvalue weighted by atomic mass is 32.2. The number of aromatic hydroxyl groups is 1. The number of hydrogen-bond acceptors (Lipinski definition) is 7. The second-order valence-corrected chi connectivity index (χ2v) is 10.5. The molecule has 0 bridgehead atoms. The molecule has 34 heavy (non-hydrogen) atoms. The molecule has 180 valence electrons. The number of aromatic amines is 1. The summed E-state index contributed by atoms with van der Waals surface area (Å²) in [6.07, 6.45) is 2.74. The van der Waals surface area contributed by atoms with Crippen molar-refractivity contribution in [3.63, 3.8) is 0 Å². The van der Waals surface area contributed by atoms with Crippen molar-refractivity contribution in [3.05, 3.63) is 64.4 Å². The van der Waals surface area contributed by atoms with Crippen molar-refractivity contribution in [2.24, 2.45) is 5.73 Å². The Labute approximate surface area is 196 Å². The zero-order chi connectivity index (χ0) is 24.3. The van der Waals surface area contributed by atoms with Crippen LogP contribution in [0.2, 0.25) is 0 Å². The van der Waals surface area contributed by atoms with E-state index < -0.39 is 20.5 Å². The van der Waals surface area contributed by atoms with Crippen LogP contribution in [0, 0.1) is 0 Å². The van der Waals surface area contributed by atoms with Gasteiger partial charge in [0.25, 0.3) is 0 Å². The number of pyridine rings is 1. The van der Waals surface area contributed by atoms with E-state index in [2.05, 4.69) is 4.98 Å². The van der Waals surface area contributed by atoms with Crippen molar-refractivity contribution in [1.82, 2.24) is 4.98 Å². The molecule has 0 atom stereocenters. The molecule has 10 heteroatoms. The van der Waals surface area contributed by atoms with Crippen LogP contribution in [-0.4, -0.2) is 49.0 Å². The minimum Gasteiger partial charge on any atom is -0.508 e. The molecule has 1 fully saturated rings. The SMILES string of the molecule is NC(=O)C1(S(=O)(=O)c2ccc(OCCCc3c[nH]c4cc(O)ccc4c3=O)cc2)CCOCC1. The van der Waals surface area contributed by atoms with Crippen molar-refractivity contribution in [1.29, 1.82) is 0 Å². The molecule has 1 aromatic heterocycles. The van der Waals surface area contributed by atoms with Gasteiger partial charge in [0, 0.05) is 36.4 Å². The summed E-state index contributed by atoms with van der Waals surface area (Å²) in [4.78, 5) is 27.7. The van der Waals surface area contributed by atoms with Gasteiger partial charge < -0.3 is 25.3 Å². The summed E-state index contributed by atoms with van der Waals surface area (Å²) in [5.41, 5.74) is 6.58. The van der Waals surface area contributed by atoms with Crippen molar-refractivity contribution < 1.29 is 27.8 Å². The van der Waals surface area contributed by atoms with E-state index in [0.717, 1.165) is 0 Å². The third kappa shape index (κ3) is 4.38. The Morgan fingerprint density at radius 3 is 2.53 bits per heavy atom. The molecule has 1 saturated heterocycles. The number of hydrogen-bond donors (Lipinski definition) is 3. The first-order chi connectivity index (χ1) is 16.2. The monoisotopic (exact) mass is 486 g/mol. The van der Waals surface area contributed by atoms with Crippen LogP contribution < -0.4 is 15.9 Å². The molecular formula is C24H26N2O7S. The molecule has 1 aliphatic rings. The normalized spacial score (nSPS) is 15.8. The summed E-state index contributed by atoms with van der Waals surface area (Å²) in [7, 11) is -3.99. The smallest absolute Gasteiger partial charge is 0.239 e. The highest BCUT2D eigenvalue weighted by Crippen LogP contribution is 2.35. The van der Waals surface area contributed by atoms with Gasteiger partial charge in [-0.15, -0.1) is 0 Å². The zero-order valence-corrected chi connectivity index (χ0v) is 19.3. The molecule has 0 saturated carbocycles. The molecule has 2 heterocycles. The van der Waals surface area contributed by atoms with E-state index in [9.17, 15) is 23.1 Å². The number of primary amides is 1. The minimum absolute atomic E-state index is 0.00860. The van der Waals surface area contributed by atoms with Crippen molar-refractivity contribution in [2.75, 3.05) is 19.8 Å². The van der Waals surface area contributed by atoms with E-state index in [1.165, 1.54) is 36.4 Å². The Kier molecular flexibility index (Phi) is 6.63. The number of phenolic OH excluding ortho intramolecular Hbond substituents is 1. The average Bonchev–Trinajstić information content (AvgIpc) is 2.83. The number of aromatic nitrogens is 1. The van der Waals surface area contributed by atoms with Crippen LogP contribution in [-0.2, 0) is 25.8 Å². The molecular weight excluding hydrogens is 460 g/mol. The third-order valence-electron chi connectivity index (χ3n) is 6.20. The molecule has 1 aliphatic heterocycles. The van der Waals surface area contributed by atoms with E-state index in [4.69, 9.17) is 15.2 Å². The third-order valence-corrected chi connectivity index (χ3v) is 8.73. The molecule has 0 radical (unpaired) electrons. The molecule has 3 aromatic rings. The summed E-state index contributed by atoms with van der Waals surface area (Å²) in [6, 6.07) is 10.5. The summed E-state index contributed by atoms with van der Waals surface area (Å²) < 4.78 is 35.6. The van der Waals surface area contributed by atoms with E-state index in [0.29, 0.717) is 41.7 Å². The molecule has 1 amide bonds. The molecule has 2 aromatic carbocycles. The number of rotatable bonds is 8. The second kappa shape index (κ2) is 9.47. The predicted molar refractivity (Wildman–Crippen MR) is 126 cm³/mol. The predicted octanol–water partition coefficient (Wildman–Crippen LogP) is 2.05. The number of aryl methyl sites for hydroxylation is 1. The number of carbonyl (C=O) groups excluding carboxylic acids is 1. The maximum atomic E-state index is 13.2. The number of sulfone groups is 1. The Bertz CT molecular complexity index is 1360. The van der Waals surface area contributed by atoms with Crippen molar-refractivity contribution in [3.8, 4) is 11.5 Å². The summed E-state index contributed by atoms with van der Waals surface area (Å²) in [6.45, 7) is 0.638. The van der Waals surface area contributed by atoms with Gasteiger partial charge in [-0.05, 0) is 62.1 Å². The minimum atomic E-state index is -3.99. The number of ether oxygens (including phenoxy) is 2. The van der Waals surface area contributed by atoms with Crippen LogP contribution >= 0.6 is 0 Å². The first-order valence-electron chi connectivity index (χ1n) is 10.9. The van der Waals surface area contributed by atoms with Crippen LogP contribution in [0.4, 0.5) is 0 Å². The molecule has 0 unspecified atom stereocenters. The van der Waals surface area contributed by atoms with Gasteiger partial charge in [-0.25, -0.2) is 8.42 Å². The van der Waals surface area contributed by atoms with E-state index in [1.807, 2.05) is 0 Å². The van der Waals surface area contributed by atoms with Crippen LogP contribution in [0.1, 0.15) is 24.8 Å². The quantitative estimate of drug-likeness (QED) is 0.413. The lowest BCUT2D eigenvalue weighted by Gasteiger charge is -2.33. The topological polar surface area (TPSA) is 149 Å². The summed E-state index contributed by atoms with van der Waals surface area (Å²) >= 11 is 0. The summed E-state index contributed by atoms with van der Waals surface area (Å²) in [5, 5.41) is 10.0. The van der Waals surface area contributed by atoms with Gasteiger partial charge in [0.2, 0.25) is 5.91 Å². The summed E-state index contributed by atoms with van der Waals surface area (Å²) in [5.74, 6) is -0.306. The van der Waals surface area contributed by atoms with Crippen LogP contribution in [0.5, 0.6) is 11.5 Å². The fourth-order valence-corrected chi connectivity index (χ4v) is 6.10. The number of H-pyrrole nitrogens is 1. The Hall–Kier alpha value is -3.37. The van der Waals surface area contributed by atoms with Gasteiger partial charge in [-0.1, -0.05) is 0 Å². The lowest BCUT2D eigenvalue weighted by molar-refractivity contribution is -0.122. The lowest BCUT2D eigenvalue weighted by atomic mass is 9.98.